The van der Waals surface area contributed by atoms with E-state index in [0.717, 1.165) is 22.7 Å². The Morgan fingerprint density at radius 1 is 1.40 bits per heavy atom. The number of carbonyl (C=O) groups is 1. The van der Waals surface area contributed by atoms with E-state index in [1.54, 1.807) is 0 Å². The molecule has 1 amide bonds. The molecule has 0 saturated carbocycles. The van der Waals surface area contributed by atoms with Crippen LogP contribution in [0.3, 0.4) is 0 Å². The van der Waals surface area contributed by atoms with Crippen LogP contribution >= 0.6 is 22.9 Å². The van der Waals surface area contributed by atoms with Gasteiger partial charge in [0, 0.05) is 17.1 Å². The molecule has 0 unspecified atom stereocenters. The second kappa shape index (κ2) is 6.83. The number of aromatic nitrogens is 1. The summed E-state index contributed by atoms with van der Waals surface area (Å²) in [4.78, 5) is 17.1. The fraction of sp³-hybridized carbons (Fsp3) is 0.286. The Morgan fingerprint density at radius 2 is 2.10 bits per heavy atom. The van der Waals surface area contributed by atoms with E-state index in [2.05, 4.69) is 10.3 Å². The normalized spacial score (nSPS) is 10.6. The molecule has 0 saturated heterocycles. The summed E-state index contributed by atoms with van der Waals surface area (Å²) in [5.41, 5.74) is 7.11. The van der Waals surface area contributed by atoms with Gasteiger partial charge in [-0.25, -0.2) is 4.98 Å². The van der Waals surface area contributed by atoms with Gasteiger partial charge in [0.25, 0.3) is 5.91 Å². The molecule has 0 atom stereocenters. The lowest BCUT2D eigenvalue weighted by molar-refractivity contribution is 0.0957. The number of nitrogens with one attached hydrogen (secondary N) is 1. The summed E-state index contributed by atoms with van der Waals surface area (Å²) >= 11 is 7.25. The van der Waals surface area contributed by atoms with Crippen molar-refractivity contribution in [3.63, 3.8) is 0 Å². The Labute approximate surface area is 127 Å². The number of nitrogens with two attached hydrogens (primary N) is 1. The molecule has 2 rings (SSSR count). The van der Waals surface area contributed by atoms with Crippen LogP contribution in [0.2, 0.25) is 5.02 Å². The number of hydrogen-bond acceptors (Lipinski definition) is 4. The largest absolute Gasteiger partial charge is 0.351 e. The molecule has 1 aromatic heterocycles. The summed E-state index contributed by atoms with van der Waals surface area (Å²) in [7, 11) is 0. The van der Waals surface area contributed by atoms with E-state index in [1.807, 2.05) is 31.2 Å². The van der Waals surface area contributed by atoms with Crippen LogP contribution in [0.15, 0.2) is 24.3 Å². The zero-order chi connectivity index (χ0) is 14.5. The number of aryl methyl sites for hydroxylation is 1. The minimum Gasteiger partial charge on any atom is -0.351 e. The van der Waals surface area contributed by atoms with Gasteiger partial charge in [-0.15, -0.1) is 11.3 Å². The van der Waals surface area contributed by atoms with Gasteiger partial charge in [0.15, 0.2) is 0 Å². The van der Waals surface area contributed by atoms with E-state index >= 15 is 0 Å². The minimum atomic E-state index is -0.0892. The first-order valence-corrected chi connectivity index (χ1v) is 7.53. The molecule has 0 aliphatic heterocycles. The van der Waals surface area contributed by atoms with Gasteiger partial charge in [-0.1, -0.05) is 23.7 Å². The lowest BCUT2D eigenvalue weighted by Crippen LogP contribution is -2.25. The van der Waals surface area contributed by atoms with Gasteiger partial charge in [-0.3, -0.25) is 4.79 Å². The maximum Gasteiger partial charge on any atom is 0.263 e. The predicted molar refractivity (Wildman–Crippen MR) is 83.3 cm³/mol. The zero-order valence-corrected chi connectivity index (χ0v) is 12.7. The summed E-state index contributed by atoms with van der Waals surface area (Å²) in [6.07, 6.45) is 0.771. The van der Waals surface area contributed by atoms with Crippen LogP contribution < -0.4 is 11.1 Å². The highest BCUT2D eigenvalue weighted by Gasteiger charge is 2.15. The number of benzene rings is 1. The molecule has 1 heterocycles. The molecule has 0 aliphatic carbocycles. The summed E-state index contributed by atoms with van der Waals surface area (Å²) in [5.74, 6) is -0.0892. The van der Waals surface area contributed by atoms with Crippen LogP contribution in [0.1, 0.15) is 21.8 Å². The molecule has 0 radical (unpaired) electrons. The third kappa shape index (κ3) is 3.56. The second-order valence-corrected chi connectivity index (χ2v) is 5.77. The quantitative estimate of drug-likeness (QED) is 0.835. The summed E-state index contributed by atoms with van der Waals surface area (Å²) in [6, 6.07) is 7.43. The molecule has 0 aliphatic rings. The second-order valence-electron chi connectivity index (χ2n) is 4.34. The SMILES string of the molecule is Cc1nc(-c2ccc(Cl)cc2)sc1C(=O)NCCCN. The van der Waals surface area contributed by atoms with Crippen molar-refractivity contribution in [2.75, 3.05) is 13.1 Å². The van der Waals surface area contributed by atoms with Crippen molar-refractivity contribution in [3.8, 4) is 10.6 Å². The summed E-state index contributed by atoms with van der Waals surface area (Å²) in [6.45, 7) is 2.99. The number of carbonyl (C=O) groups excluding carboxylic acids is 1. The number of hydrogen-bond donors (Lipinski definition) is 2. The highest BCUT2D eigenvalue weighted by Crippen LogP contribution is 2.28. The molecule has 3 N–H and O–H groups in total. The van der Waals surface area contributed by atoms with E-state index in [0.29, 0.717) is 23.0 Å². The number of amides is 1. The average molecular weight is 310 g/mol. The maximum atomic E-state index is 12.0. The van der Waals surface area contributed by atoms with Crippen molar-refractivity contribution in [3.05, 3.63) is 39.9 Å². The van der Waals surface area contributed by atoms with Crippen molar-refractivity contribution >= 4 is 28.8 Å². The van der Waals surface area contributed by atoms with Gasteiger partial charge in [0.05, 0.1) is 5.69 Å². The fourth-order valence-electron chi connectivity index (χ4n) is 1.71. The molecule has 4 nitrogen and oxygen atoms in total. The first-order valence-electron chi connectivity index (χ1n) is 6.33. The van der Waals surface area contributed by atoms with E-state index < -0.39 is 0 Å². The third-order valence-electron chi connectivity index (χ3n) is 2.76. The van der Waals surface area contributed by atoms with Gasteiger partial charge < -0.3 is 11.1 Å². The summed E-state index contributed by atoms with van der Waals surface area (Å²) < 4.78 is 0. The van der Waals surface area contributed by atoms with E-state index in [1.165, 1.54) is 11.3 Å². The number of thiazole rings is 1. The van der Waals surface area contributed by atoms with Crippen LogP contribution in [-0.4, -0.2) is 24.0 Å². The number of nitrogens with zero attached hydrogens (tertiary/aromatic N) is 1. The Morgan fingerprint density at radius 3 is 2.75 bits per heavy atom. The van der Waals surface area contributed by atoms with E-state index in [-0.39, 0.29) is 5.91 Å². The zero-order valence-electron chi connectivity index (χ0n) is 11.1. The molecule has 0 spiro atoms. The van der Waals surface area contributed by atoms with Gasteiger partial charge in [0.1, 0.15) is 9.88 Å². The van der Waals surface area contributed by atoms with Gasteiger partial charge >= 0.3 is 0 Å². The van der Waals surface area contributed by atoms with Crippen molar-refractivity contribution in [2.45, 2.75) is 13.3 Å². The third-order valence-corrected chi connectivity index (χ3v) is 4.22. The van der Waals surface area contributed by atoms with Crippen LogP contribution in [0.5, 0.6) is 0 Å². The van der Waals surface area contributed by atoms with Crippen LogP contribution in [0.25, 0.3) is 10.6 Å². The standard InChI is InChI=1S/C14H16ClN3OS/c1-9-12(13(19)17-8-2-7-16)20-14(18-9)10-3-5-11(15)6-4-10/h3-6H,2,7-8,16H2,1H3,(H,17,19). The van der Waals surface area contributed by atoms with Crippen molar-refractivity contribution < 1.29 is 4.79 Å². The Hall–Kier alpha value is -1.43. The molecule has 6 heteroatoms. The van der Waals surface area contributed by atoms with Crippen LogP contribution in [0.4, 0.5) is 0 Å². The van der Waals surface area contributed by atoms with Gasteiger partial charge in [-0.2, -0.15) is 0 Å². The Balaban J connectivity index is 2.16. The Bertz CT molecular complexity index is 595. The lowest BCUT2D eigenvalue weighted by atomic mass is 10.2. The maximum absolute atomic E-state index is 12.0. The first kappa shape index (κ1) is 15.0. The number of rotatable bonds is 5. The van der Waals surface area contributed by atoms with Gasteiger partial charge in [-0.05, 0) is 32.0 Å². The highest BCUT2D eigenvalue weighted by molar-refractivity contribution is 7.17. The van der Waals surface area contributed by atoms with Gasteiger partial charge in [0.2, 0.25) is 0 Å². The van der Waals surface area contributed by atoms with Crippen LogP contribution in [-0.2, 0) is 0 Å². The highest BCUT2D eigenvalue weighted by atomic mass is 35.5. The molecular weight excluding hydrogens is 294 g/mol. The predicted octanol–water partition coefficient (Wildman–Crippen LogP) is 2.85. The molecule has 20 heavy (non-hydrogen) atoms. The van der Waals surface area contributed by atoms with E-state index in [4.69, 9.17) is 17.3 Å². The topological polar surface area (TPSA) is 68.0 Å². The number of halogens is 1. The van der Waals surface area contributed by atoms with Crippen molar-refractivity contribution in [1.29, 1.82) is 0 Å². The van der Waals surface area contributed by atoms with Crippen LogP contribution in [0, 0.1) is 6.92 Å². The lowest BCUT2D eigenvalue weighted by Gasteiger charge is -2.01. The molecule has 2 aromatic rings. The molecule has 1 aromatic carbocycles. The molecule has 106 valence electrons. The average Bonchev–Trinajstić information content (AvgIpc) is 2.82. The first-order chi connectivity index (χ1) is 9.61. The Kier molecular flexibility index (Phi) is 5.11. The molecular formula is C14H16ClN3OS. The summed E-state index contributed by atoms with van der Waals surface area (Å²) in [5, 5.41) is 4.35. The minimum absolute atomic E-state index is 0.0892. The molecule has 0 fully saturated rings. The smallest absolute Gasteiger partial charge is 0.263 e. The monoisotopic (exact) mass is 309 g/mol. The fourth-order valence-corrected chi connectivity index (χ4v) is 2.82. The van der Waals surface area contributed by atoms with Crippen molar-refractivity contribution in [2.24, 2.45) is 5.73 Å². The van der Waals surface area contributed by atoms with Crippen molar-refractivity contribution in [1.82, 2.24) is 10.3 Å². The molecule has 0 bridgehead atoms. The van der Waals surface area contributed by atoms with E-state index in [9.17, 15) is 4.79 Å².